The van der Waals surface area contributed by atoms with E-state index in [1.807, 2.05) is 29.2 Å². The molecule has 5 rings (SSSR count). The van der Waals surface area contributed by atoms with Crippen LogP contribution in [0.25, 0.3) is 17.3 Å². The Hall–Kier alpha value is -3.78. The van der Waals surface area contributed by atoms with Crippen LogP contribution in [0.2, 0.25) is 0 Å². The van der Waals surface area contributed by atoms with Crippen LogP contribution in [0.3, 0.4) is 0 Å². The zero-order valence-electron chi connectivity index (χ0n) is 16.1. The van der Waals surface area contributed by atoms with Crippen LogP contribution >= 0.6 is 0 Å². The smallest absolute Gasteiger partial charge is 0.240 e. The van der Waals surface area contributed by atoms with E-state index in [0.29, 0.717) is 29.8 Å². The second-order valence-electron chi connectivity index (χ2n) is 7.12. The van der Waals surface area contributed by atoms with Gasteiger partial charge >= 0.3 is 0 Å². The number of benzene rings is 2. The fourth-order valence-electron chi connectivity index (χ4n) is 3.84. The topological polar surface area (TPSA) is 100 Å². The molecule has 1 aliphatic heterocycles. The van der Waals surface area contributed by atoms with Crippen molar-refractivity contribution < 1.29 is 10.2 Å². The first-order valence-electron chi connectivity index (χ1n) is 9.72. The zero-order valence-corrected chi connectivity index (χ0v) is 16.1. The van der Waals surface area contributed by atoms with Crippen molar-refractivity contribution in [1.82, 2.24) is 24.5 Å². The summed E-state index contributed by atoms with van der Waals surface area (Å²) in [5, 5.41) is 20.1. The Labute approximate surface area is 173 Å². The van der Waals surface area contributed by atoms with E-state index in [2.05, 4.69) is 21.0 Å². The van der Waals surface area contributed by atoms with Crippen molar-refractivity contribution in [3.63, 3.8) is 0 Å². The summed E-state index contributed by atoms with van der Waals surface area (Å²) < 4.78 is 1.71. The number of fused-ring (bicyclic) bond motifs is 1. The Kier molecular flexibility index (Phi) is 4.61. The van der Waals surface area contributed by atoms with E-state index >= 15 is 0 Å². The van der Waals surface area contributed by atoms with Gasteiger partial charge in [-0.05, 0) is 29.7 Å². The van der Waals surface area contributed by atoms with Gasteiger partial charge in [-0.3, -0.25) is 4.57 Å². The third-order valence-corrected chi connectivity index (χ3v) is 5.29. The number of aliphatic hydroxyl groups excluding tert-OH is 1. The molecule has 0 saturated carbocycles. The lowest BCUT2D eigenvalue weighted by Gasteiger charge is -2.36. The number of anilines is 1. The molecule has 0 bridgehead atoms. The number of hydrogen-bond acceptors (Lipinski definition) is 7. The Morgan fingerprint density at radius 1 is 1.00 bits per heavy atom. The van der Waals surface area contributed by atoms with Crippen molar-refractivity contribution in [2.24, 2.45) is 0 Å². The molecule has 0 amide bonds. The fraction of sp³-hybridized carbons (Fsp3) is 0.182. The fourth-order valence-corrected chi connectivity index (χ4v) is 3.84. The van der Waals surface area contributed by atoms with E-state index in [4.69, 9.17) is 4.98 Å². The maximum absolute atomic E-state index is 10.2. The predicted octanol–water partition coefficient (Wildman–Crippen LogP) is 2.53. The van der Waals surface area contributed by atoms with Gasteiger partial charge in [-0.1, -0.05) is 36.4 Å². The molecule has 0 saturated heterocycles. The van der Waals surface area contributed by atoms with Gasteiger partial charge in [0, 0.05) is 24.5 Å². The number of imidazole rings is 1. The van der Waals surface area contributed by atoms with Crippen molar-refractivity contribution in [2.45, 2.75) is 12.5 Å². The molecule has 8 heteroatoms. The van der Waals surface area contributed by atoms with Crippen LogP contribution in [0, 0.1) is 0 Å². The number of aromatic hydroxyl groups is 1. The van der Waals surface area contributed by atoms with Crippen molar-refractivity contribution in [3.05, 3.63) is 78.4 Å². The maximum atomic E-state index is 10.2. The second-order valence-corrected chi connectivity index (χ2v) is 7.12. The number of nitrogens with zero attached hydrogens (tertiary/aromatic N) is 6. The van der Waals surface area contributed by atoms with Crippen molar-refractivity contribution >= 4 is 5.95 Å². The monoisotopic (exact) mass is 400 g/mol. The lowest BCUT2D eigenvalue weighted by molar-refractivity contribution is 0.256. The molecule has 150 valence electrons. The lowest BCUT2D eigenvalue weighted by atomic mass is 9.93. The van der Waals surface area contributed by atoms with Gasteiger partial charge < -0.3 is 15.1 Å². The highest BCUT2D eigenvalue weighted by atomic mass is 16.3. The van der Waals surface area contributed by atoms with Gasteiger partial charge in [0.25, 0.3) is 0 Å². The number of aromatic nitrogens is 5. The van der Waals surface area contributed by atoms with Crippen molar-refractivity contribution in [2.75, 3.05) is 18.1 Å². The number of rotatable bonds is 4. The van der Waals surface area contributed by atoms with Gasteiger partial charge in [0.05, 0.1) is 12.6 Å². The van der Waals surface area contributed by atoms with Gasteiger partial charge in [-0.2, -0.15) is 15.0 Å². The number of phenolic OH excluding ortho intramolecular Hbond substituents is 1. The molecule has 0 fully saturated rings. The Balaban J connectivity index is 1.64. The summed E-state index contributed by atoms with van der Waals surface area (Å²) in [6.07, 6.45) is 5.88. The molecule has 2 N–H and O–H groups in total. The average Bonchev–Trinajstić information content (AvgIpc) is 3.33. The molecule has 0 aliphatic carbocycles. The average molecular weight is 400 g/mol. The molecule has 1 aliphatic rings. The SMILES string of the molecule is OC[C@H]1c2ccccc2CCN1c1nc(-c2cccc(O)c2)nc(-n2ccnc2)n1. The Morgan fingerprint density at radius 3 is 2.67 bits per heavy atom. The van der Waals surface area contributed by atoms with Gasteiger partial charge in [-0.25, -0.2) is 4.98 Å². The quantitative estimate of drug-likeness (QED) is 0.543. The normalized spacial score (nSPS) is 15.8. The largest absolute Gasteiger partial charge is 0.508 e. The van der Waals surface area contributed by atoms with E-state index in [1.54, 1.807) is 41.5 Å². The van der Waals surface area contributed by atoms with E-state index < -0.39 is 0 Å². The first kappa shape index (κ1) is 18.3. The van der Waals surface area contributed by atoms with Crippen LogP contribution in [0.5, 0.6) is 5.75 Å². The van der Waals surface area contributed by atoms with E-state index in [0.717, 1.165) is 12.0 Å². The number of phenols is 1. The molecule has 0 radical (unpaired) electrons. The number of aliphatic hydroxyl groups is 1. The molecule has 0 unspecified atom stereocenters. The first-order chi connectivity index (χ1) is 14.7. The van der Waals surface area contributed by atoms with Gasteiger partial charge in [0.1, 0.15) is 12.1 Å². The summed E-state index contributed by atoms with van der Waals surface area (Å²) in [6.45, 7) is 0.625. The van der Waals surface area contributed by atoms with E-state index in [1.165, 1.54) is 5.56 Å². The van der Waals surface area contributed by atoms with Crippen LogP contribution < -0.4 is 4.90 Å². The van der Waals surface area contributed by atoms with Gasteiger partial charge in [0.2, 0.25) is 11.9 Å². The summed E-state index contributed by atoms with van der Waals surface area (Å²) in [7, 11) is 0. The molecule has 0 spiro atoms. The highest BCUT2D eigenvalue weighted by Gasteiger charge is 2.29. The molecule has 4 aromatic rings. The summed E-state index contributed by atoms with van der Waals surface area (Å²) in [5.41, 5.74) is 2.98. The van der Waals surface area contributed by atoms with Crippen LogP contribution in [0.1, 0.15) is 17.2 Å². The molecular formula is C22H20N6O2. The standard InChI is InChI=1S/C22H20N6O2/c29-13-19-18-7-2-1-4-15(18)8-10-28(19)22-25-20(16-5-3-6-17(30)12-16)24-21(26-22)27-11-9-23-14-27/h1-7,9,11-12,14,19,29-30H,8,10,13H2/t19-/m0/s1. The predicted molar refractivity (Wildman–Crippen MR) is 111 cm³/mol. The molecule has 2 aromatic heterocycles. The van der Waals surface area contributed by atoms with Crippen LogP contribution in [-0.2, 0) is 6.42 Å². The van der Waals surface area contributed by atoms with Gasteiger partial charge in [0.15, 0.2) is 5.82 Å². The minimum atomic E-state index is -0.245. The van der Waals surface area contributed by atoms with Crippen LogP contribution in [-0.4, -0.2) is 47.9 Å². The highest BCUT2D eigenvalue weighted by molar-refractivity contribution is 5.60. The molecule has 30 heavy (non-hydrogen) atoms. The summed E-state index contributed by atoms with van der Waals surface area (Å²) in [6, 6.07) is 14.7. The second kappa shape index (κ2) is 7.57. The van der Waals surface area contributed by atoms with E-state index in [9.17, 15) is 10.2 Å². The maximum Gasteiger partial charge on any atom is 0.240 e. The minimum Gasteiger partial charge on any atom is -0.508 e. The highest BCUT2D eigenvalue weighted by Crippen LogP contribution is 2.33. The summed E-state index contributed by atoms with van der Waals surface area (Å²) >= 11 is 0. The lowest BCUT2D eigenvalue weighted by Crippen LogP contribution is -2.38. The zero-order chi connectivity index (χ0) is 20.5. The van der Waals surface area contributed by atoms with Crippen molar-refractivity contribution in [1.29, 1.82) is 0 Å². The van der Waals surface area contributed by atoms with Crippen molar-refractivity contribution in [3.8, 4) is 23.1 Å². The Morgan fingerprint density at radius 2 is 1.87 bits per heavy atom. The molecule has 8 nitrogen and oxygen atoms in total. The van der Waals surface area contributed by atoms with Crippen LogP contribution in [0.4, 0.5) is 5.95 Å². The van der Waals surface area contributed by atoms with Crippen LogP contribution in [0.15, 0.2) is 67.3 Å². The molecule has 1 atom stereocenters. The third kappa shape index (κ3) is 3.27. The minimum absolute atomic E-state index is 0.0510. The molecule has 3 heterocycles. The van der Waals surface area contributed by atoms with E-state index in [-0.39, 0.29) is 18.4 Å². The third-order valence-electron chi connectivity index (χ3n) is 5.29. The summed E-state index contributed by atoms with van der Waals surface area (Å²) in [5.74, 6) is 1.47. The molecule has 2 aromatic carbocycles. The Bertz CT molecular complexity index is 1180. The number of hydrogen-bond donors (Lipinski definition) is 2. The van der Waals surface area contributed by atoms with Gasteiger partial charge in [-0.15, -0.1) is 0 Å². The summed E-state index contributed by atoms with van der Waals surface area (Å²) in [4.78, 5) is 20.0. The molecular weight excluding hydrogens is 380 g/mol. The first-order valence-corrected chi connectivity index (χ1v) is 9.72.